The zero-order chi connectivity index (χ0) is 21.5. The van der Waals surface area contributed by atoms with Gasteiger partial charge in [0, 0.05) is 17.7 Å². The summed E-state index contributed by atoms with van der Waals surface area (Å²) in [6.07, 6.45) is 1.85. The number of hydrogen-bond acceptors (Lipinski definition) is 8. The number of carbonyl (C=O) groups is 2. The van der Waals surface area contributed by atoms with Crippen molar-refractivity contribution < 1.29 is 19.2 Å². The van der Waals surface area contributed by atoms with Gasteiger partial charge in [-0.05, 0) is 31.0 Å². The normalized spacial score (nSPS) is 17.3. The Bertz CT molecular complexity index is 1020. The van der Waals surface area contributed by atoms with Crippen LogP contribution in [0.15, 0.2) is 58.7 Å². The number of thioether (sulfide) groups is 1. The number of ether oxygens (including phenoxy) is 1. The lowest BCUT2D eigenvalue weighted by atomic mass is 10.1. The number of hydrogen-bond donors (Lipinski definition) is 1. The van der Waals surface area contributed by atoms with E-state index < -0.39 is 4.92 Å². The lowest BCUT2D eigenvalue weighted by Crippen LogP contribution is -2.25. The van der Waals surface area contributed by atoms with Crippen LogP contribution in [0.1, 0.15) is 28.4 Å². The summed E-state index contributed by atoms with van der Waals surface area (Å²) >= 11 is 1.25. The number of nitro groups is 1. The van der Waals surface area contributed by atoms with E-state index in [-0.39, 0.29) is 22.8 Å². The average molecular weight is 426 g/mol. The summed E-state index contributed by atoms with van der Waals surface area (Å²) in [5, 5.41) is 21.3. The predicted octanol–water partition coefficient (Wildman–Crippen LogP) is 2.94. The fourth-order valence-corrected chi connectivity index (χ4v) is 3.62. The van der Waals surface area contributed by atoms with E-state index in [1.54, 1.807) is 43.3 Å². The molecule has 30 heavy (non-hydrogen) atoms. The Morgan fingerprint density at radius 3 is 2.77 bits per heavy atom. The van der Waals surface area contributed by atoms with Crippen LogP contribution in [0, 0.1) is 10.1 Å². The van der Waals surface area contributed by atoms with E-state index in [9.17, 15) is 19.7 Å². The maximum Gasteiger partial charge on any atom is 0.338 e. The van der Waals surface area contributed by atoms with Gasteiger partial charge in [0.25, 0.3) is 5.69 Å². The minimum absolute atomic E-state index is 0.0378. The predicted molar refractivity (Wildman–Crippen MR) is 114 cm³/mol. The number of nitro benzene ring substituents is 1. The lowest BCUT2D eigenvalue weighted by Gasteiger charge is -2.06. The molecule has 3 rings (SSSR count). The first kappa shape index (κ1) is 21.2. The van der Waals surface area contributed by atoms with Crippen molar-refractivity contribution in [3.63, 3.8) is 0 Å². The molecule has 0 saturated carbocycles. The van der Waals surface area contributed by atoms with Crippen LogP contribution in [0.4, 0.5) is 5.69 Å². The standard InChI is InChI=1S/C20H18N4O5S/c1-2-29-19(26)15-8-6-13(7-9-15)11-17-18(25)22-20(30-17)23-21-12-14-4-3-5-16(10-14)24(27)28/h3-10,12,17H,2,11H2,1H3,(H,22,23,25)/b21-12-/t17-/m0/s1. The van der Waals surface area contributed by atoms with Crippen molar-refractivity contribution in [2.24, 2.45) is 10.2 Å². The van der Waals surface area contributed by atoms with Crippen LogP contribution in [-0.4, -0.2) is 40.0 Å². The van der Waals surface area contributed by atoms with Crippen molar-refractivity contribution in [3.8, 4) is 0 Å². The van der Waals surface area contributed by atoms with Crippen LogP contribution in [0.5, 0.6) is 0 Å². The van der Waals surface area contributed by atoms with Gasteiger partial charge in [0.15, 0.2) is 5.17 Å². The van der Waals surface area contributed by atoms with Crippen molar-refractivity contribution in [2.45, 2.75) is 18.6 Å². The summed E-state index contributed by atoms with van der Waals surface area (Å²) in [5.41, 5.74) is 1.85. The Kier molecular flexibility index (Phi) is 6.91. The summed E-state index contributed by atoms with van der Waals surface area (Å²) in [6.45, 7) is 2.06. The highest BCUT2D eigenvalue weighted by atomic mass is 32.2. The molecule has 0 radical (unpaired) electrons. The van der Waals surface area contributed by atoms with Gasteiger partial charge in [-0.3, -0.25) is 14.9 Å². The van der Waals surface area contributed by atoms with E-state index in [0.29, 0.717) is 29.3 Å². The molecule has 0 aliphatic carbocycles. The molecular weight excluding hydrogens is 408 g/mol. The second kappa shape index (κ2) is 9.79. The fourth-order valence-electron chi connectivity index (χ4n) is 2.66. The number of non-ortho nitro benzene ring substituents is 1. The van der Waals surface area contributed by atoms with Crippen LogP contribution < -0.4 is 5.32 Å². The van der Waals surface area contributed by atoms with E-state index in [0.717, 1.165) is 5.56 Å². The summed E-state index contributed by atoms with van der Waals surface area (Å²) in [5.74, 6) is -0.563. The zero-order valence-electron chi connectivity index (χ0n) is 16.0. The highest BCUT2D eigenvalue weighted by Crippen LogP contribution is 2.23. The number of esters is 1. The molecule has 2 aromatic carbocycles. The van der Waals surface area contributed by atoms with Gasteiger partial charge in [0.1, 0.15) is 0 Å². The van der Waals surface area contributed by atoms with Crippen molar-refractivity contribution in [1.82, 2.24) is 5.32 Å². The van der Waals surface area contributed by atoms with Gasteiger partial charge in [-0.1, -0.05) is 36.0 Å². The van der Waals surface area contributed by atoms with Crippen LogP contribution in [0.2, 0.25) is 0 Å². The second-order valence-corrected chi connectivity index (χ2v) is 7.41. The van der Waals surface area contributed by atoms with Gasteiger partial charge >= 0.3 is 5.97 Å². The smallest absolute Gasteiger partial charge is 0.338 e. The Morgan fingerprint density at radius 2 is 2.07 bits per heavy atom. The van der Waals surface area contributed by atoms with Crippen LogP contribution in [0.3, 0.4) is 0 Å². The Hall–Kier alpha value is -3.53. The van der Waals surface area contributed by atoms with Gasteiger partial charge in [0.05, 0.1) is 28.6 Å². The van der Waals surface area contributed by atoms with E-state index in [4.69, 9.17) is 4.74 Å². The zero-order valence-corrected chi connectivity index (χ0v) is 16.8. The molecule has 154 valence electrons. The number of benzene rings is 2. The monoisotopic (exact) mass is 426 g/mol. The highest BCUT2D eigenvalue weighted by molar-refractivity contribution is 8.15. The first-order chi connectivity index (χ1) is 14.5. The van der Waals surface area contributed by atoms with E-state index in [1.807, 2.05) is 0 Å². The first-order valence-electron chi connectivity index (χ1n) is 9.05. The second-order valence-electron chi connectivity index (χ2n) is 6.22. The number of amidine groups is 1. The third-order valence-corrected chi connectivity index (χ3v) is 5.17. The molecule has 0 spiro atoms. The highest BCUT2D eigenvalue weighted by Gasteiger charge is 2.30. The SMILES string of the molecule is CCOC(=O)c1ccc(C[C@@H]2S/C(=N\N=C/c3cccc([N+](=O)[O-])c3)NC2=O)cc1. The summed E-state index contributed by atoms with van der Waals surface area (Å²) in [7, 11) is 0. The molecule has 2 aromatic rings. The number of rotatable bonds is 7. The van der Waals surface area contributed by atoms with Gasteiger partial charge in [-0.25, -0.2) is 4.79 Å². The van der Waals surface area contributed by atoms with Crippen LogP contribution in [0.25, 0.3) is 0 Å². The molecule has 1 amide bonds. The molecule has 1 N–H and O–H groups in total. The molecule has 9 nitrogen and oxygen atoms in total. The molecule has 1 atom stereocenters. The van der Waals surface area contributed by atoms with Crippen molar-refractivity contribution in [2.75, 3.05) is 6.61 Å². The Balaban J connectivity index is 1.60. The van der Waals surface area contributed by atoms with Gasteiger partial charge in [-0.2, -0.15) is 5.10 Å². The van der Waals surface area contributed by atoms with Crippen LogP contribution >= 0.6 is 11.8 Å². The largest absolute Gasteiger partial charge is 0.462 e. The maximum atomic E-state index is 12.2. The Morgan fingerprint density at radius 1 is 1.30 bits per heavy atom. The molecule has 0 unspecified atom stereocenters. The summed E-state index contributed by atoms with van der Waals surface area (Å²) in [4.78, 5) is 34.2. The molecular formula is C20H18N4O5S. The molecule has 10 heteroatoms. The van der Waals surface area contributed by atoms with Crippen molar-refractivity contribution >= 4 is 40.7 Å². The molecule has 1 fully saturated rings. The van der Waals surface area contributed by atoms with Gasteiger partial charge < -0.3 is 10.1 Å². The van der Waals surface area contributed by atoms with Crippen LogP contribution in [-0.2, 0) is 16.0 Å². The number of amides is 1. The number of nitrogens with zero attached hydrogens (tertiary/aromatic N) is 3. The van der Waals surface area contributed by atoms with E-state index in [1.165, 1.54) is 30.1 Å². The Labute approximate surface area is 176 Å². The van der Waals surface area contributed by atoms with Gasteiger partial charge in [-0.15, -0.1) is 5.10 Å². The number of nitrogens with one attached hydrogen (secondary N) is 1. The van der Waals surface area contributed by atoms with E-state index in [2.05, 4.69) is 15.5 Å². The first-order valence-corrected chi connectivity index (χ1v) is 9.93. The van der Waals surface area contributed by atoms with Gasteiger partial charge in [0.2, 0.25) is 5.91 Å². The third-order valence-electron chi connectivity index (χ3n) is 4.10. The topological polar surface area (TPSA) is 123 Å². The minimum atomic E-state index is -0.486. The summed E-state index contributed by atoms with van der Waals surface area (Å²) < 4.78 is 4.95. The van der Waals surface area contributed by atoms with Crippen molar-refractivity contribution in [1.29, 1.82) is 0 Å². The average Bonchev–Trinajstić information content (AvgIpc) is 3.08. The third kappa shape index (κ3) is 5.51. The molecule has 0 aromatic heterocycles. The van der Waals surface area contributed by atoms with Crippen molar-refractivity contribution in [3.05, 3.63) is 75.3 Å². The maximum absolute atomic E-state index is 12.2. The quantitative estimate of drug-likeness (QED) is 0.314. The number of carbonyl (C=O) groups excluding carboxylic acids is 2. The molecule has 1 heterocycles. The lowest BCUT2D eigenvalue weighted by molar-refractivity contribution is -0.384. The molecule has 0 bridgehead atoms. The molecule has 1 aliphatic rings. The molecule has 1 saturated heterocycles. The van der Waals surface area contributed by atoms with E-state index >= 15 is 0 Å². The summed E-state index contributed by atoms with van der Waals surface area (Å²) in [6, 6.07) is 12.9. The minimum Gasteiger partial charge on any atom is -0.462 e. The fraction of sp³-hybridized carbons (Fsp3) is 0.200. The molecule has 1 aliphatic heterocycles.